The maximum Gasteiger partial charge on any atom is 0.0102 e. The van der Waals surface area contributed by atoms with Crippen molar-refractivity contribution in [2.75, 3.05) is 5.75 Å². The normalized spacial score (nSPS) is 12.6. The van der Waals surface area contributed by atoms with Gasteiger partial charge >= 0.3 is 0 Å². The summed E-state index contributed by atoms with van der Waals surface area (Å²) in [6, 6.07) is 0. The van der Waals surface area contributed by atoms with Crippen molar-refractivity contribution >= 4 is 11.1 Å². The molecule has 0 N–H and O–H groups in total. The van der Waals surface area contributed by atoms with Gasteiger partial charge in [0.05, 0.1) is 0 Å². The van der Waals surface area contributed by atoms with E-state index in [1.165, 1.54) is 116 Å². The minimum Gasteiger partial charge on any atom is -0.772 e. The molecule has 25 heavy (non-hydrogen) atoms. The summed E-state index contributed by atoms with van der Waals surface area (Å²) >= 11 is -1.83. The van der Waals surface area contributed by atoms with E-state index in [0.717, 1.165) is 12.8 Å². The minimum atomic E-state index is -1.83. The molecule has 0 aromatic carbocycles. The first-order valence-electron chi connectivity index (χ1n) is 11.3. The molecule has 2 nitrogen and oxygen atoms in total. The third-order valence-electron chi connectivity index (χ3n) is 5.16. The second-order valence-corrected chi connectivity index (χ2v) is 8.74. The molecule has 0 aliphatic heterocycles. The lowest BCUT2D eigenvalue weighted by Gasteiger charge is -2.05. The Morgan fingerprint density at radius 2 is 0.720 bits per heavy atom. The highest BCUT2D eigenvalue weighted by molar-refractivity contribution is 7.79. The molecule has 0 spiro atoms. The van der Waals surface area contributed by atoms with Crippen LogP contribution in [-0.2, 0) is 11.1 Å². The lowest BCUT2D eigenvalue weighted by atomic mass is 10.0. The zero-order chi connectivity index (χ0) is 18.4. The SMILES string of the molecule is CCCCCCCCCCCCCCCCCCCCCCS(=O)[O-]. The summed E-state index contributed by atoms with van der Waals surface area (Å²) in [5, 5.41) is 0. The Kier molecular flexibility index (Phi) is 22.2. The van der Waals surface area contributed by atoms with Crippen molar-refractivity contribution in [3.05, 3.63) is 0 Å². The average Bonchev–Trinajstić information content (AvgIpc) is 2.60. The van der Waals surface area contributed by atoms with E-state index >= 15 is 0 Å². The van der Waals surface area contributed by atoms with Crippen LogP contribution in [0, 0.1) is 0 Å². The average molecular weight is 374 g/mol. The fourth-order valence-corrected chi connectivity index (χ4v) is 3.91. The molecule has 1 atom stereocenters. The molecular weight excluding hydrogens is 328 g/mol. The highest BCUT2D eigenvalue weighted by atomic mass is 32.2. The number of hydrogen-bond donors (Lipinski definition) is 0. The first-order valence-corrected chi connectivity index (χ1v) is 12.6. The number of unbranched alkanes of at least 4 members (excludes halogenated alkanes) is 19. The molecule has 0 saturated carbocycles. The molecule has 0 saturated heterocycles. The van der Waals surface area contributed by atoms with Gasteiger partial charge in [0.15, 0.2) is 0 Å². The summed E-state index contributed by atoms with van der Waals surface area (Å²) in [6.07, 6.45) is 27.1. The number of rotatable bonds is 21. The van der Waals surface area contributed by atoms with Crippen LogP contribution in [0.3, 0.4) is 0 Å². The van der Waals surface area contributed by atoms with Crippen molar-refractivity contribution in [1.29, 1.82) is 0 Å². The van der Waals surface area contributed by atoms with Crippen molar-refractivity contribution < 1.29 is 8.76 Å². The van der Waals surface area contributed by atoms with E-state index in [9.17, 15) is 8.76 Å². The topological polar surface area (TPSA) is 40.1 Å². The zero-order valence-corrected chi connectivity index (χ0v) is 17.9. The molecule has 0 fully saturated rings. The largest absolute Gasteiger partial charge is 0.772 e. The Hall–Kier alpha value is 0.110. The van der Waals surface area contributed by atoms with Crippen molar-refractivity contribution in [3.63, 3.8) is 0 Å². The van der Waals surface area contributed by atoms with Gasteiger partial charge in [0.1, 0.15) is 0 Å². The molecule has 152 valence electrons. The van der Waals surface area contributed by atoms with E-state index < -0.39 is 11.1 Å². The smallest absolute Gasteiger partial charge is 0.0102 e. The third-order valence-corrected chi connectivity index (χ3v) is 5.79. The Labute approximate surface area is 161 Å². The quantitative estimate of drug-likeness (QED) is 0.153. The van der Waals surface area contributed by atoms with Gasteiger partial charge in [-0.15, -0.1) is 0 Å². The van der Waals surface area contributed by atoms with Crippen molar-refractivity contribution in [2.24, 2.45) is 0 Å². The van der Waals surface area contributed by atoms with E-state index in [2.05, 4.69) is 6.92 Å². The summed E-state index contributed by atoms with van der Waals surface area (Å²) in [5.74, 6) is 0.346. The van der Waals surface area contributed by atoms with Crippen molar-refractivity contribution in [1.82, 2.24) is 0 Å². The molecule has 0 aliphatic rings. The van der Waals surface area contributed by atoms with Gasteiger partial charge in [-0.25, -0.2) is 0 Å². The second-order valence-electron chi connectivity index (χ2n) is 7.73. The van der Waals surface area contributed by atoms with Gasteiger partial charge in [-0.1, -0.05) is 140 Å². The molecule has 0 aromatic rings. The van der Waals surface area contributed by atoms with Crippen LogP contribution < -0.4 is 0 Å². The van der Waals surface area contributed by atoms with Crippen LogP contribution in [0.2, 0.25) is 0 Å². The maximum atomic E-state index is 10.4. The summed E-state index contributed by atoms with van der Waals surface area (Å²) in [5.41, 5.74) is 0. The Bertz CT molecular complexity index is 269. The molecule has 0 aliphatic carbocycles. The molecule has 0 rings (SSSR count). The highest BCUT2D eigenvalue weighted by Gasteiger charge is 1.95. The Balaban J connectivity index is 2.97. The fourth-order valence-electron chi connectivity index (χ4n) is 3.48. The van der Waals surface area contributed by atoms with Crippen LogP contribution in [0.1, 0.15) is 135 Å². The summed E-state index contributed by atoms with van der Waals surface area (Å²) in [6.45, 7) is 2.28. The van der Waals surface area contributed by atoms with Gasteiger partial charge < -0.3 is 4.55 Å². The molecule has 0 radical (unpaired) electrons. The van der Waals surface area contributed by atoms with Crippen LogP contribution in [0.15, 0.2) is 0 Å². The van der Waals surface area contributed by atoms with Crippen molar-refractivity contribution in [2.45, 2.75) is 135 Å². The summed E-state index contributed by atoms with van der Waals surface area (Å²) < 4.78 is 20.8. The van der Waals surface area contributed by atoms with Crippen LogP contribution in [0.25, 0.3) is 0 Å². The molecule has 0 bridgehead atoms. The predicted molar refractivity (Wildman–Crippen MR) is 112 cm³/mol. The molecular formula is C22H45O2S-. The van der Waals surface area contributed by atoms with Crippen molar-refractivity contribution in [3.8, 4) is 0 Å². The van der Waals surface area contributed by atoms with Crippen LogP contribution in [0.5, 0.6) is 0 Å². The monoisotopic (exact) mass is 373 g/mol. The molecule has 0 heterocycles. The third kappa shape index (κ3) is 24.1. The van der Waals surface area contributed by atoms with E-state index in [-0.39, 0.29) is 0 Å². The minimum absolute atomic E-state index is 0.346. The Morgan fingerprint density at radius 1 is 0.480 bits per heavy atom. The van der Waals surface area contributed by atoms with Gasteiger partial charge in [-0.2, -0.15) is 0 Å². The highest BCUT2D eigenvalue weighted by Crippen LogP contribution is 2.14. The van der Waals surface area contributed by atoms with Gasteiger partial charge in [-0.05, 0) is 6.42 Å². The fraction of sp³-hybridized carbons (Fsp3) is 1.00. The van der Waals surface area contributed by atoms with Gasteiger partial charge in [0.2, 0.25) is 0 Å². The first-order chi connectivity index (χ1) is 12.3. The lowest BCUT2D eigenvalue weighted by molar-refractivity contribution is 0.520. The number of hydrogen-bond acceptors (Lipinski definition) is 2. The van der Waals surface area contributed by atoms with Gasteiger partial charge in [0.25, 0.3) is 0 Å². The van der Waals surface area contributed by atoms with E-state index in [4.69, 9.17) is 0 Å². The Morgan fingerprint density at radius 3 is 0.960 bits per heavy atom. The predicted octanol–water partition coefficient (Wildman–Crippen LogP) is 7.69. The second kappa shape index (κ2) is 22.2. The summed E-state index contributed by atoms with van der Waals surface area (Å²) in [7, 11) is 0. The lowest BCUT2D eigenvalue weighted by Crippen LogP contribution is -1.94. The van der Waals surface area contributed by atoms with Crippen LogP contribution >= 0.6 is 0 Å². The maximum absolute atomic E-state index is 10.4. The van der Waals surface area contributed by atoms with Gasteiger partial charge in [0, 0.05) is 5.75 Å². The van der Waals surface area contributed by atoms with Crippen LogP contribution in [0.4, 0.5) is 0 Å². The molecule has 1 unspecified atom stereocenters. The van der Waals surface area contributed by atoms with Crippen LogP contribution in [-0.4, -0.2) is 14.5 Å². The first kappa shape index (κ1) is 25.1. The zero-order valence-electron chi connectivity index (χ0n) is 17.1. The van der Waals surface area contributed by atoms with E-state index in [0.29, 0.717) is 5.75 Å². The van der Waals surface area contributed by atoms with E-state index in [1.54, 1.807) is 0 Å². The standard InChI is InChI=1S/C22H46O2S/c1-2-3-4-5-6-7-8-9-10-11-12-13-14-15-16-17-18-19-20-21-22-25(23)24/h2-22H2,1H3,(H,23,24)/p-1. The molecule has 0 aromatic heterocycles. The van der Waals surface area contributed by atoms with Gasteiger partial charge in [-0.3, -0.25) is 4.21 Å². The molecule has 0 amide bonds. The molecule has 3 heteroatoms. The van der Waals surface area contributed by atoms with E-state index in [1.807, 2.05) is 0 Å². The summed E-state index contributed by atoms with van der Waals surface area (Å²) in [4.78, 5) is 0.